The van der Waals surface area contributed by atoms with Crippen molar-refractivity contribution in [2.24, 2.45) is 0 Å². The van der Waals surface area contributed by atoms with Gasteiger partial charge in [0.05, 0.1) is 5.25 Å². The Bertz CT molecular complexity index is 987. The van der Waals surface area contributed by atoms with Gasteiger partial charge >= 0.3 is 0 Å². The van der Waals surface area contributed by atoms with Gasteiger partial charge in [-0.1, -0.05) is 60.2 Å². The average Bonchev–Trinajstić information content (AvgIpc) is 2.70. The van der Waals surface area contributed by atoms with Crippen molar-refractivity contribution in [2.45, 2.75) is 24.1 Å². The Balaban J connectivity index is 1.40. The van der Waals surface area contributed by atoms with Crippen LogP contribution < -0.4 is 10.0 Å². The maximum atomic E-state index is 12.5. The standard InChI is InChI=1S/C20H19ClN4OS/c21-19-12-13-20(24-23-19)25-27(26)16-10-8-15(9-11-16)22-18-7-3-5-14-4-1-2-6-17(14)18/h1-8,10,12-13,15-16,22H,9,11H2,(H,24,25). The molecule has 0 saturated heterocycles. The van der Waals surface area contributed by atoms with Gasteiger partial charge < -0.3 is 5.32 Å². The van der Waals surface area contributed by atoms with Gasteiger partial charge in [0.2, 0.25) is 0 Å². The Morgan fingerprint density at radius 1 is 0.963 bits per heavy atom. The molecule has 2 aromatic carbocycles. The Labute approximate surface area is 165 Å². The number of anilines is 2. The van der Waals surface area contributed by atoms with Crippen molar-refractivity contribution in [1.29, 1.82) is 0 Å². The average molecular weight is 399 g/mol. The van der Waals surface area contributed by atoms with E-state index in [1.807, 2.05) is 12.1 Å². The van der Waals surface area contributed by atoms with Crippen LogP contribution in [0.15, 0.2) is 66.7 Å². The fourth-order valence-electron chi connectivity index (χ4n) is 3.19. The first-order valence-corrected chi connectivity index (χ1v) is 10.4. The minimum absolute atomic E-state index is 0.0620. The highest BCUT2D eigenvalue weighted by Crippen LogP contribution is 2.26. The van der Waals surface area contributed by atoms with Crippen LogP contribution in [0.2, 0.25) is 5.15 Å². The van der Waals surface area contributed by atoms with Crippen LogP contribution in [-0.2, 0) is 11.0 Å². The van der Waals surface area contributed by atoms with Gasteiger partial charge in [0.15, 0.2) is 11.0 Å². The Morgan fingerprint density at radius 3 is 2.59 bits per heavy atom. The molecule has 0 fully saturated rings. The highest BCUT2D eigenvalue weighted by Gasteiger charge is 2.21. The molecule has 0 bridgehead atoms. The second-order valence-corrected chi connectivity index (χ2v) is 8.21. The van der Waals surface area contributed by atoms with E-state index in [1.54, 1.807) is 12.1 Å². The summed E-state index contributed by atoms with van der Waals surface area (Å²) in [6, 6.07) is 18.1. The molecule has 3 aromatic rings. The Kier molecular flexibility index (Phi) is 5.36. The van der Waals surface area contributed by atoms with Crippen molar-refractivity contribution in [1.82, 2.24) is 10.2 Å². The number of halogens is 1. The van der Waals surface area contributed by atoms with Gasteiger partial charge in [0.1, 0.15) is 11.0 Å². The second kappa shape index (κ2) is 8.06. The topological polar surface area (TPSA) is 66.9 Å². The van der Waals surface area contributed by atoms with Gasteiger partial charge in [-0.15, -0.1) is 10.2 Å². The first-order chi connectivity index (χ1) is 13.2. The fourth-order valence-corrected chi connectivity index (χ4v) is 4.34. The molecule has 0 spiro atoms. The van der Waals surface area contributed by atoms with E-state index in [2.05, 4.69) is 62.7 Å². The summed E-state index contributed by atoms with van der Waals surface area (Å²) in [5, 5.41) is 13.9. The molecule has 138 valence electrons. The van der Waals surface area contributed by atoms with E-state index >= 15 is 0 Å². The van der Waals surface area contributed by atoms with E-state index in [4.69, 9.17) is 11.6 Å². The molecule has 0 saturated carbocycles. The summed E-state index contributed by atoms with van der Waals surface area (Å²) in [6.45, 7) is 0. The minimum Gasteiger partial charge on any atom is -0.378 e. The third kappa shape index (κ3) is 4.28. The summed E-state index contributed by atoms with van der Waals surface area (Å²) in [5.74, 6) is 0.460. The molecule has 0 aliphatic heterocycles. The first kappa shape index (κ1) is 17.9. The lowest BCUT2D eigenvalue weighted by Crippen LogP contribution is -2.28. The summed E-state index contributed by atoms with van der Waals surface area (Å²) in [7, 11) is -1.26. The molecule has 1 aromatic heterocycles. The molecule has 3 unspecified atom stereocenters. The number of rotatable bonds is 5. The zero-order chi connectivity index (χ0) is 18.6. The highest BCUT2D eigenvalue weighted by molar-refractivity contribution is 7.87. The van der Waals surface area contributed by atoms with E-state index < -0.39 is 11.0 Å². The summed E-state index contributed by atoms with van der Waals surface area (Å²) < 4.78 is 15.4. The maximum absolute atomic E-state index is 12.5. The molecule has 1 heterocycles. The van der Waals surface area contributed by atoms with Crippen molar-refractivity contribution in [3.63, 3.8) is 0 Å². The van der Waals surface area contributed by atoms with Crippen molar-refractivity contribution in [3.8, 4) is 0 Å². The normalized spacial score (nSPS) is 20.3. The van der Waals surface area contributed by atoms with Crippen molar-refractivity contribution >= 4 is 44.9 Å². The van der Waals surface area contributed by atoms with Gasteiger partial charge in [0, 0.05) is 17.1 Å². The van der Waals surface area contributed by atoms with Crippen LogP contribution in [0.25, 0.3) is 10.8 Å². The van der Waals surface area contributed by atoms with Crippen molar-refractivity contribution in [2.75, 3.05) is 10.0 Å². The first-order valence-electron chi connectivity index (χ1n) is 8.78. The van der Waals surface area contributed by atoms with E-state index in [-0.39, 0.29) is 11.3 Å². The summed E-state index contributed by atoms with van der Waals surface area (Å²) in [6.07, 6.45) is 5.84. The number of hydrogen-bond donors (Lipinski definition) is 2. The lowest BCUT2D eigenvalue weighted by molar-refractivity contribution is 0.646. The number of hydrogen-bond acceptors (Lipinski definition) is 4. The maximum Gasteiger partial charge on any atom is 0.160 e. The van der Waals surface area contributed by atoms with Crippen molar-refractivity contribution in [3.05, 3.63) is 71.9 Å². The van der Waals surface area contributed by atoms with Gasteiger partial charge in [-0.3, -0.25) is 4.72 Å². The third-order valence-corrected chi connectivity index (χ3v) is 6.12. The SMILES string of the molecule is O=S(Nc1ccc(Cl)nn1)C1C=CC(Nc2cccc3ccccc23)CC1. The molecule has 4 rings (SSSR count). The van der Waals surface area contributed by atoms with Gasteiger partial charge in [-0.25, -0.2) is 4.21 Å². The smallest absolute Gasteiger partial charge is 0.160 e. The lowest BCUT2D eigenvalue weighted by atomic mass is 10.0. The number of nitrogens with zero attached hydrogens (tertiary/aromatic N) is 2. The van der Waals surface area contributed by atoms with E-state index in [0.29, 0.717) is 11.0 Å². The monoisotopic (exact) mass is 398 g/mol. The van der Waals surface area contributed by atoms with Gasteiger partial charge in [-0.2, -0.15) is 0 Å². The number of nitrogens with one attached hydrogen (secondary N) is 2. The molecule has 1 aliphatic carbocycles. The zero-order valence-corrected chi connectivity index (χ0v) is 16.1. The van der Waals surface area contributed by atoms with Crippen LogP contribution in [0.4, 0.5) is 11.5 Å². The molecule has 7 heteroatoms. The molecule has 0 amide bonds. The summed E-state index contributed by atoms with van der Waals surface area (Å²) >= 11 is 5.72. The molecule has 2 N–H and O–H groups in total. The number of fused-ring (bicyclic) bond motifs is 1. The van der Waals surface area contributed by atoms with Crippen LogP contribution in [0.3, 0.4) is 0 Å². The Morgan fingerprint density at radius 2 is 1.81 bits per heavy atom. The predicted octanol–water partition coefficient (Wildman–Crippen LogP) is 4.56. The van der Waals surface area contributed by atoms with Crippen LogP contribution in [0, 0.1) is 0 Å². The largest absolute Gasteiger partial charge is 0.378 e. The second-order valence-electron chi connectivity index (χ2n) is 6.42. The van der Waals surface area contributed by atoms with Crippen LogP contribution >= 0.6 is 11.6 Å². The molecule has 5 nitrogen and oxygen atoms in total. The van der Waals surface area contributed by atoms with E-state index in [1.165, 1.54) is 10.8 Å². The van der Waals surface area contributed by atoms with Crippen LogP contribution in [0.5, 0.6) is 0 Å². The molecular formula is C20H19ClN4OS. The van der Waals surface area contributed by atoms with E-state index in [0.717, 1.165) is 18.5 Å². The molecule has 3 atom stereocenters. The Hall–Kier alpha value is -2.44. The number of aromatic nitrogens is 2. The van der Waals surface area contributed by atoms with Gasteiger partial charge in [-0.05, 0) is 36.4 Å². The van der Waals surface area contributed by atoms with Crippen molar-refractivity contribution < 1.29 is 4.21 Å². The fraction of sp³-hybridized carbons (Fsp3) is 0.200. The summed E-state index contributed by atoms with van der Waals surface area (Å²) in [5.41, 5.74) is 1.12. The minimum atomic E-state index is -1.26. The van der Waals surface area contributed by atoms with Crippen LogP contribution in [-0.4, -0.2) is 25.7 Å². The molecular weight excluding hydrogens is 380 g/mol. The summed E-state index contributed by atoms with van der Waals surface area (Å²) in [4.78, 5) is 0. The van der Waals surface area contributed by atoms with E-state index in [9.17, 15) is 4.21 Å². The van der Waals surface area contributed by atoms with Crippen LogP contribution in [0.1, 0.15) is 12.8 Å². The predicted molar refractivity (Wildman–Crippen MR) is 112 cm³/mol. The number of benzene rings is 2. The van der Waals surface area contributed by atoms with Gasteiger partial charge in [0.25, 0.3) is 0 Å². The third-order valence-electron chi connectivity index (χ3n) is 4.56. The highest BCUT2D eigenvalue weighted by atomic mass is 35.5. The molecule has 27 heavy (non-hydrogen) atoms. The molecule has 0 radical (unpaired) electrons. The lowest BCUT2D eigenvalue weighted by Gasteiger charge is -2.24. The zero-order valence-electron chi connectivity index (χ0n) is 14.5. The molecule has 1 aliphatic rings. The quantitative estimate of drug-likeness (QED) is 0.618.